The van der Waals surface area contributed by atoms with Crippen LogP contribution in [0, 0.1) is 11.7 Å². The van der Waals surface area contributed by atoms with Crippen molar-refractivity contribution in [2.75, 3.05) is 13.1 Å². The summed E-state index contributed by atoms with van der Waals surface area (Å²) < 4.78 is 19.0. The number of carbonyl (C=O) groups excluding carboxylic acids is 2. The summed E-state index contributed by atoms with van der Waals surface area (Å²) >= 11 is 0. The van der Waals surface area contributed by atoms with E-state index in [0.717, 1.165) is 11.1 Å². The Kier molecular flexibility index (Phi) is 8.55. The second kappa shape index (κ2) is 11.6. The molecule has 172 valence electrons. The summed E-state index contributed by atoms with van der Waals surface area (Å²) in [7, 11) is 0. The topological polar surface area (TPSA) is 59.5 Å². The fourth-order valence-electron chi connectivity index (χ4n) is 3.92. The van der Waals surface area contributed by atoms with Crippen molar-refractivity contribution in [1.82, 2.24) is 9.88 Å². The van der Waals surface area contributed by atoms with Gasteiger partial charge in [-0.3, -0.25) is 14.6 Å². The lowest BCUT2D eigenvalue weighted by molar-refractivity contribution is -0.131. The Morgan fingerprint density at radius 1 is 1.00 bits per heavy atom. The molecule has 33 heavy (non-hydrogen) atoms. The average molecular weight is 469 g/mol. The Hall–Kier alpha value is -3.25. The van der Waals surface area contributed by atoms with Gasteiger partial charge in [-0.05, 0) is 66.4 Å². The van der Waals surface area contributed by atoms with Gasteiger partial charge in [0, 0.05) is 37.0 Å². The van der Waals surface area contributed by atoms with E-state index in [-0.39, 0.29) is 42.4 Å². The highest BCUT2D eigenvalue weighted by atomic mass is 35.5. The number of piperidine rings is 1. The lowest BCUT2D eigenvalue weighted by Crippen LogP contribution is -2.41. The predicted molar refractivity (Wildman–Crippen MR) is 126 cm³/mol. The lowest BCUT2D eigenvalue weighted by atomic mass is 9.88. The molecule has 1 aliphatic heterocycles. The van der Waals surface area contributed by atoms with E-state index < -0.39 is 0 Å². The molecule has 3 aromatic rings. The number of nitrogens with zero attached hydrogens (tertiary/aromatic N) is 2. The van der Waals surface area contributed by atoms with Crippen molar-refractivity contribution < 1.29 is 18.7 Å². The van der Waals surface area contributed by atoms with Crippen LogP contribution in [0.3, 0.4) is 0 Å². The van der Waals surface area contributed by atoms with Gasteiger partial charge in [0.05, 0.1) is 6.42 Å². The number of ketones is 1. The van der Waals surface area contributed by atoms with Gasteiger partial charge in [-0.25, -0.2) is 4.39 Å². The van der Waals surface area contributed by atoms with E-state index in [9.17, 15) is 14.0 Å². The zero-order chi connectivity index (χ0) is 22.3. The largest absolute Gasteiger partial charge is 0.489 e. The molecule has 0 atom stereocenters. The normalized spacial score (nSPS) is 13.8. The fourth-order valence-corrected chi connectivity index (χ4v) is 3.92. The summed E-state index contributed by atoms with van der Waals surface area (Å²) in [6, 6.07) is 17.1. The Balaban J connectivity index is 0.00000306. The van der Waals surface area contributed by atoms with E-state index in [0.29, 0.717) is 43.7 Å². The number of likely N-dealkylation sites (tertiary alicyclic amines) is 1. The monoisotopic (exact) mass is 468 g/mol. The zero-order valence-corrected chi connectivity index (χ0v) is 19.0. The number of amides is 1. The van der Waals surface area contributed by atoms with Crippen LogP contribution >= 0.6 is 12.4 Å². The van der Waals surface area contributed by atoms with Crippen LogP contribution < -0.4 is 4.74 Å². The Bertz CT molecular complexity index is 1070. The molecule has 0 spiro atoms. The minimum absolute atomic E-state index is 0. The van der Waals surface area contributed by atoms with Gasteiger partial charge in [0.1, 0.15) is 18.2 Å². The standard InChI is InChI=1S/C26H25FN2O3.ClH/c27-23-5-1-3-20(15-23)18-32-24-8-6-21(7-9-24)26(31)22-10-13-29(14-11-22)25(30)16-19-4-2-12-28-17-19;/h1-9,12,15,17,22H,10-11,13-14,16,18H2;1H. The molecule has 0 radical (unpaired) electrons. The molecule has 1 fully saturated rings. The molecule has 1 aliphatic rings. The zero-order valence-electron chi connectivity index (χ0n) is 18.2. The van der Waals surface area contributed by atoms with E-state index >= 15 is 0 Å². The number of pyridine rings is 1. The third-order valence-electron chi connectivity index (χ3n) is 5.73. The summed E-state index contributed by atoms with van der Waals surface area (Å²) in [4.78, 5) is 31.3. The molecule has 0 aliphatic carbocycles. The summed E-state index contributed by atoms with van der Waals surface area (Å²) in [5.41, 5.74) is 2.29. The summed E-state index contributed by atoms with van der Waals surface area (Å²) in [6.07, 6.45) is 5.06. The maximum Gasteiger partial charge on any atom is 0.227 e. The second-order valence-electron chi connectivity index (χ2n) is 8.00. The van der Waals surface area contributed by atoms with Crippen molar-refractivity contribution in [3.8, 4) is 5.75 Å². The Labute approximate surface area is 199 Å². The number of halogens is 2. The average Bonchev–Trinajstić information content (AvgIpc) is 2.83. The first kappa shape index (κ1) is 24.4. The molecule has 0 N–H and O–H groups in total. The fraction of sp³-hybridized carbons (Fsp3) is 0.269. The van der Waals surface area contributed by atoms with Gasteiger partial charge < -0.3 is 9.64 Å². The van der Waals surface area contributed by atoms with E-state index in [1.807, 2.05) is 17.0 Å². The smallest absolute Gasteiger partial charge is 0.227 e. The number of hydrogen-bond donors (Lipinski definition) is 0. The Morgan fingerprint density at radius 3 is 2.39 bits per heavy atom. The van der Waals surface area contributed by atoms with Crippen LogP contribution in [0.5, 0.6) is 5.75 Å². The first-order chi connectivity index (χ1) is 15.6. The molecule has 5 nitrogen and oxygen atoms in total. The van der Waals surface area contributed by atoms with Crippen LogP contribution in [0.4, 0.5) is 4.39 Å². The summed E-state index contributed by atoms with van der Waals surface area (Å²) in [5.74, 6) is 0.416. The van der Waals surface area contributed by atoms with Gasteiger partial charge in [0.2, 0.25) is 5.91 Å². The third kappa shape index (κ3) is 6.62. The van der Waals surface area contributed by atoms with E-state index in [2.05, 4.69) is 4.98 Å². The molecule has 2 heterocycles. The first-order valence-corrected chi connectivity index (χ1v) is 10.8. The number of carbonyl (C=O) groups is 2. The third-order valence-corrected chi connectivity index (χ3v) is 5.73. The van der Waals surface area contributed by atoms with Crippen molar-refractivity contribution in [3.05, 3.63) is 95.6 Å². The number of aromatic nitrogens is 1. The Morgan fingerprint density at radius 2 is 1.73 bits per heavy atom. The van der Waals surface area contributed by atoms with E-state index in [1.54, 1.807) is 48.8 Å². The first-order valence-electron chi connectivity index (χ1n) is 10.8. The minimum Gasteiger partial charge on any atom is -0.489 e. The number of Topliss-reactive ketones (excluding diaryl/α,β-unsaturated/α-hetero) is 1. The summed E-state index contributed by atoms with van der Waals surface area (Å²) in [6.45, 7) is 1.44. The van der Waals surface area contributed by atoms with Gasteiger partial charge in [-0.15, -0.1) is 12.4 Å². The van der Waals surface area contributed by atoms with Crippen molar-refractivity contribution >= 4 is 24.1 Å². The predicted octanol–water partition coefficient (Wildman–Crippen LogP) is 4.89. The SMILES string of the molecule is Cl.O=C(c1ccc(OCc2cccc(F)c2)cc1)C1CCN(C(=O)Cc2cccnc2)CC1. The quantitative estimate of drug-likeness (QED) is 0.463. The van der Waals surface area contributed by atoms with Crippen molar-refractivity contribution in [3.63, 3.8) is 0 Å². The molecule has 1 aromatic heterocycles. The molecule has 2 aromatic carbocycles. The van der Waals surface area contributed by atoms with Gasteiger partial charge in [0.25, 0.3) is 0 Å². The maximum absolute atomic E-state index is 13.3. The van der Waals surface area contributed by atoms with Crippen LogP contribution in [0.2, 0.25) is 0 Å². The van der Waals surface area contributed by atoms with Gasteiger partial charge >= 0.3 is 0 Å². The molecule has 0 unspecified atom stereocenters. The van der Waals surface area contributed by atoms with Gasteiger partial charge in [-0.1, -0.05) is 18.2 Å². The number of hydrogen-bond acceptors (Lipinski definition) is 4. The molecule has 7 heteroatoms. The van der Waals surface area contributed by atoms with Crippen LogP contribution in [0.25, 0.3) is 0 Å². The lowest BCUT2D eigenvalue weighted by Gasteiger charge is -2.31. The summed E-state index contributed by atoms with van der Waals surface area (Å²) in [5, 5.41) is 0. The highest BCUT2D eigenvalue weighted by Crippen LogP contribution is 2.24. The molecular weight excluding hydrogens is 443 g/mol. The van der Waals surface area contributed by atoms with Crippen LogP contribution in [-0.2, 0) is 17.8 Å². The highest BCUT2D eigenvalue weighted by molar-refractivity contribution is 5.98. The molecule has 0 saturated carbocycles. The number of ether oxygens (including phenoxy) is 1. The molecule has 0 bridgehead atoms. The second-order valence-corrected chi connectivity index (χ2v) is 8.00. The van der Waals surface area contributed by atoms with Crippen molar-refractivity contribution in [1.29, 1.82) is 0 Å². The van der Waals surface area contributed by atoms with Crippen LogP contribution in [-0.4, -0.2) is 34.7 Å². The van der Waals surface area contributed by atoms with E-state index in [4.69, 9.17) is 4.74 Å². The molecular formula is C26H26ClFN2O3. The van der Waals surface area contributed by atoms with Gasteiger partial charge in [0.15, 0.2) is 5.78 Å². The maximum atomic E-state index is 13.3. The minimum atomic E-state index is -0.295. The van der Waals surface area contributed by atoms with Crippen LogP contribution in [0.1, 0.15) is 34.3 Å². The van der Waals surface area contributed by atoms with Crippen LogP contribution in [0.15, 0.2) is 73.1 Å². The van der Waals surface area contributed by atoms with Crippen molar-refractivity contribution in [2.24, 2.45) is 5.92 Å². The van der Waals surface area contributed by atoms with E-state index in [1.165, 1.54) is 12.1 Å². The highest BCUT2D eigenvalue weighted by Gasteiger charge is 2.28. The number of benzene rings is 2. The molecule has 4 rings (SSSR count). The van der Waals surface area contributed by atoms with Crippen molar-refractivity contribution in [2.45, 2.75) is 25.9 Å². The molecule has 1 saturated heterocycles. The number of rotatable bonds is 7. The van der Waals surface area contributed by atoms with Gasteiger partial charge in [-0.2, -0.15) is 0 Å². The molecule has 1 amide bonds.